The maximum atomic E-state index is 12.4. The molecule has 1 heterocycles. The predicted octanol–water partition coefficient (Wildman–Crippen LogP) is 1.61. The molecule has 2 aromatic rings. The van der Waals surface area contributed by atoms with Gasteiger partial charge in [0.1, 0.15) is 5.75 Å². The van der Waals surface area contributed by atoms with Gasteiger partial charge in [-0.2, -0.15) is 4.98 Å². The van der Waals surface area contributed by atoms with Crippen molar-refractivity contribution < 1.29 is 22.8 Å². The molecule has 0 aliphatic rings. The van der Waals surface area contributed by atoms with Gasteiger partial charge in [-0.3, -0.25) is 0 Å². The van der Waals surface area contributed by atoms with Gasteiger partial charge in [0.2, 0.25) is 5.89 Å². The molecule has 112 valence electrons. The summed E-state index contributed by atoms with van der Waals surface area (Å²) < 4.78 is 29.6. The van der Waals surface area contributed by atoms with Gasteiger partial charge in [-0.05, 0) is 24.6 Å². The van der Waals surface area contributed by atoms with E-state index in [4.69, 9.17) is 9.63 Å². The number of hydrogen-bond donors (Lipinski definition) is 1. The number of carboxylic acid groups (broad SMARTS) is 1. The highest BCUT2D eigenvalue weighted by Crippen LogP contribution is 2.22. The fraction of sp³-hybridized carbons (Fsp3) is 0.308. The van der Waals surface area contributed by atoms with Crippen molar-refractivity contribution in [2.45, 2.75) is 30.9 Å². The molecule has 0 saturated carbocycles. The van der Waals surface area contributed by atoms with Gasteiger partial charge < -0.3 is 9.63 Å². The topological polar surface area (TPSA) is 110 Å². The van der Waals surface area contributed by atoms with Gasteiger partial charge in [-0.25, -0.2) is 13.2 Å². The van der Waals surface area contributed by atoms with E-state index in [0.29, 0.717) is 12.3 Å². The molecule has 1 aromatic carbocycles. The molecule has 2 rings (SSSR count). The lowest BCUT2D eigenvalue weighted by molar-refractivity contribution is 0.0696. The molecule has 8 heteroatoms. The summed E-state index contributed by atoms with van der Waals surface area (Å²) >= 11 is 0. The molecule has 0 radical (unpaired) electrons. The molecule has 7 nitrogen and oxygen atoms in total. The van der Waals surface area contributed by atoms with E-state index in [1.54, 1.807) is 0 Å². The van der Waals surface area contributed by atoms with Crippen LogP contribution in [-0.4, -0.2) is 29.6 Å². The molecule has 0 amide bonds. The summed E-state index contributed by atoms with van der Waals surface area (Å²) in [7, 11) is -3.74. The number of nitrogens with zero attached hydrogens (tertiary/aromatic N) is 2. The first-order valence-corrected chi connectivity index (χ1v) is 7.87. The zero-order chi connectivity index (χ0) is 15.6. The van der Waals surface area contributed by atoms with Crippen molar-refractivity contribution in [3.8, 4) is 0 Å². The zero-order valence-corrected chi connectivity index (χ0v) is 12.3. The van der Waals surface area contributed by atoms with Crippen LogP contribution in [0.25, 0.3) is 0 Å². The second-order valence-corrected chi connectivity index (χ2v) is 6.41. The molecule has 1 aromatic heterocycles. The molecule has 0 spiro atoms. The normalized spacial score (nSPS) is 11.5. The van der Waals surface area contributed by atoms with Crippen LogP contribution < -0.4 is 0 Å². The van der Waals surface area contributed by atoms with Crippen molar-refractivity contribution in [2.75, 3.05) is 0 Å². The van der Waals surface area contributed by atoms with Crippen molar-refractivity contribution in [1.29, 1.82) is 0 Å². The highest BCUT2D eigenvalue weighted by Gasteiger charge is 2.23. The van der Waals surface area contributed by atoms with Gasteiger partial charge in [0.15, 0.2) is 15.7 Å². The Labute approximate surface area is 121 Å². The number of aromatic nitrogens is 2. The molecule has 0 unspecified atom stereocenters. The Bertz CT molecular complexity index is 780. The zero-order valence-electron chi connectivity index (χ0n) is 11.5. The Hall–Kier alpha value is -2.22. The summed E-state index contributed by atoms with van der Waals surface area (Å²) in [6, 6.07) is 4.13. The second-order valence-electron chi connectivity index (χ2n) is 4.45. The van der Waals surface area contributed by atoms with Crippen molar-refractivity contribution in [3.05, 3.63) is 41.0 Å². The summed E-state index contributed by atoms with van der Waals surface area (Å²) in [6.07, 6.45) is 0.514. The summed E-state index contributed by atoms with van der Waals surface area (Å²) in [5.41, 5.74) is 0.155. The van der Waals surface area contributed by atoms with E-state index >= 15 is 0 Å². The monoisotopic (exact) mass is 310 g/mol. The summed E-state index contributed by atoms with van der Waals surface area (Å²) in [4.78, 5) is 15.0. The largest absolute Gasteiger partial charge is 0.478 e. The van der Waals surface area contributed by atoms with Crippen molar-refractivity contribution in [2.24, 2.45) is 0 Å². The lowest BCUT2D eigenvalue weighted by atomic mass is 10.1. The van der Waals surface area contributed by atoms with Crippen LogP contribution in [0.1, 0.15) is 34.6 Å². The van der Waals surface area contributed by atoms with Gasteiger partial charge in [-0.1, -0.05) is 18.1 Å². The van der Waals surface area contributed by atoms with Crippen LogP contribution in [0, 0.1) is 6.92 Å². The lowest BCUT2D eigenvalue weighted by Gasteiger charge is -2.08. The predicted molar refractivity (Wildman–Crippen MR) is 72.7 cm³/mol. The Morgan fingerprint density at radius 2 is 2.10 bits per heavy atom. The molecular formula is C13H14N2O5S. The fourth-order valence-electron chi connectivity index (χ4n) is 1.92. The highest BCUT2D eigenvalue weighted by molar-refractivity contribution is 7.90. The third kappa shape index (κ3) is 3.10. The van der Waals surface area contributed by atoms with E-state index in [1.807, 2.05) is 6.92 Å². The molecule has 0 fully saturated rings. The van der Waals surface area contributed by atoms with E-state index in [2.05, 4.69) is 10.1 Å². The minimum atomic E-state index is -3.74. The number of carboxylic acids is 1. The number of rotatable bonds is 5. The summed E-state index contributed by atoms with van der Waals surface area (Å²) in [5.74, 6) is -1.18. The first-order valence-electron chi connectivity index (χ1n) is 6.22. The number of benzene rings is 1. The minimum absolute atomic E-state index is 0.0368. The highest BCUT2D eigenvalue weighted by atomic mass is 32.2. The molecule has 0 saturated heterocycles. The number of sulfone groups is 1. The Morgan fingerprint density at radius 3 is 2.67 bits per heavy atom. The number of carbonyl (C=O) groups is 1. The summed E-state index contributed by atoms with van der Waals surface area (Å²) in [6.45, 7) is 3.27. The molecule has 0 bridgehead atoms. The molecule has 1 N–H and O–H groups in total. The van der Waals surface area contributed by atoms with Crippen molar-refractivity contribution in [3.63, 3.8) is 0 Å². The van der Waals surface area contributed by atoms with Gasteiger partial charge in [0.25, 0.3) is 0 Å². The average molecular weight is 310 g/mol. The van der Waals surface area contributed by atoms with E-state index in [9.17, 15) is 13.2 Å². The average Bonchev–Trinajstić information content (AvgIpc) is 2.85. The first kappa shape index (κ1) is 15.2. The lowest BCUT2D eigenvalue weighted by Crippen LogP contribution is -2.11. The Morgan fingerprint density at radius 1 is 1.38 bits per heavy atom. The van der Waals surface area contributed by atoms with Gasteiger partial charge in [0.05, 0.1) is 10.5 Å². The van der Waals surface area contributed by atoms with Crippen molar-refractivity contribution in [1.82, 2.24) is 10.1 Å². The van der Waals surface area contributed by atoms with Crippen LogP contribution in [0.3, 0.4) is 0 Å². The maximum absolute atomic E-state index is 12.4. The van der Waals surface area contributed by atoms with Gasteiger partial charge in [-0.15, -0.1) is 0 Å². The van der Waals surface area contributed by atoms with Gasteiger partial charge in [0, 0.05) is 6.42 Å². The standard InChI is InChI=1S/C13H14N2O5S/c1-3-12-14-11(15-20-12)7-21(18,19)10-6-4-5-9(8(10)2)13(16)17/h4-6H,3,7H2,1-2H3,(H,16,17). The van der Waals surface area contributed by atoms with Crippen LogP contribution in [0.4, 0.5) is 0 Å². The van der Waals surface area contributed by atoms with Crippen LogP contribution in [0.2, 0.25) is 0 Å². The van der Waals surface area contributed by atoms with Crippen LogP contribution in [-0.2, 0) is 22.0 Å². The molecular weight excluding hydrogens is 296 g/mol. The molecule has 0 atom stereocenters. The van der Waals surface area contributed by atoms with Crippen molar-refractivity contribution >= 4 is 15.8 Å². The minimum Gasteiger partial charge on any atom is -0.478 e. The molecule has 0 aliphatic carbocycles. The van der Waals surface area contributed by atoms with Crippen LogP contribution in [0.15, 0.2) is 27.6 Å². The SMILES string of the molecule is CCc1nc(CS(=O)(=O)c2cccc(C(=O)O)c2C)no1. The molecule has 0 aliphatic heterocycles. The quantitative estimate of drug-likeness (QED) is 0.893. The fourth-order valence-corrected chi connectivity index (χ4v) is 3.40. The van der Waals surface area contributed by atoms with Gasteiger partial charge >= 0.3 is 5.97 Å². The van der Waals surface area contributed by atoms with Crippen LogP contribution >= 0.6 is 0 Å². The second kappa shape index (κ2) is 5.65. The summed E-state index contributed by atoms with van der Waals surface area (Å²) in [5, 5.41) is 12.6. The van der Waals surface area contributed by atoms with E-state index in [1.165, 1.54) is 25.1 Å². The third-order valence-corrected chi connectivity index (χ3v) is 4.73. The Balaban J connectivity index is 2.40. The number of hydrogen-bond acceptors (Lipinski definition) is 6. The van der Waals surface area contributed by atoms with Crippen LogP contribution in [0.5, 0.6) is 0 Å². The van der Waals surface area contributed by atoms with E-state index < -0.39 is 21.6 Å². The maximum Gasteiger partial charge on any atom is 0.335 e. The first-order chi connectivity index (χ1) is 9.85. The molecule has 21 heavy (non-hydrogen) atoms. The smallest absolute Gasteiger partial charge is 0.335 e. The number of aryl methyl sites for hydroxylation is 1. The van der Waals surface area contributed by atoms with E-state index in [-0.39, 0.29) is 21.8 Å². The third-order valence-electron chi connectivity index (χ3n) is 2.98. The number of aromatic carboxylic acids is 1. The van der Waals surface area contributed by atoms with E-state index in [0.717, 1.165) is 0 Å². The Kier molecular flexibility index (Phi) is 4.08.